The standard InChI is InChI=1S/C42H74NO8P/c1-6-8-10-12-14-16-18-20-21-23-25-27-29-31-33-35-42(45)51-40(39-50-52(46,47)49-37-36-43(3,4)5)38-48-41(44)34-32-30-28-26-24-22-19-17-15-13-11-9-7-2/h8,10-11,13-14,16-17,19-21,40H,6-7,9,12,15,18,22-39H2,1-5H3/b10-8-,13-11-,16-14-,19-17-,21-20-. The van der Waals surface area contributed by atoms with Gasteiger partial charge in [0, 0.05) is 12.8 Å². The number of carbonyl (C=O) groups excluding carboxylic acids is 2. The van der Waals surface area contributed by atoms with Crippen molar-refractivity contribution in [3.8, 4) is 0 Å². The summed E-state index contributed by atoms with van der Waals surface area (Å²) < 4.78 is 33.8. The first-order valence-corrected chi connectivity index (χ1v) is 21.5. The fourth-order valence-corrected chi connectivity index (χ4v) is 5.61. The van der Waals surface area contributed by atoms with Crippen molar-refractivity contribution in [2.45, 2.75) is 148 Å². The summed E-state index contributed by atoms with van der Waals surface area (Å²) in [5, 5.41) is 0. The van der Waals surface area contributed by atoms with Crippen LogP contribution in [0.5, 0.6) is 0 Å². The topological polar surface area (TPSA) is 111 Å². The molecule has 10 heteroatoms. The third-order valence-electron chi connectivity index (χ3n) is 8.00. The van der Waals surface area contributed by atoms with Gasteiger partial charge in [-0.05, 0) is 70.6 Å². The van der Waals surface area contributed by atoms with E-state index in [-0.39, 0.29) is 26.1 Å². The first-order chi connectivity index (χ1) is 25.0. The van der Waals surface area contributed by atoms with E-state index >= 15 is 0 Å². The van der Waals surface area contributed by atoms with Crippen LogP contribution in [0.4, 0.5) is 0 Å². The molecule has 0 aliphatic carbocycles. The zero-order valence-electron chi connectivity index (χ0n) is 33.5. The Kier molecular flexibility index (Phi) is 33.0. The number of hydrogen-bond donors (Lipinski definition) is 0. The molecule has 2 unspecified atom stereocenters. The van der Waals surface area contributed by atoms with Crippen LogP contribution in [0, 0.1) is 0 Å². The van der Waals surface area contributed by atoms with Gasteiger partial charge in [0.05, 0.1) is 27.7 Å². The zero-order valence-corrected chi connectivity index (χ0v) is 34.4. The molecule has 0 aliphatic rings. The van der Waals surface area contributed by atoms with Crippen LogP contribution < -0.4 is 4.89 Å². The van der Waals surface area contributed by atoms with E-state index in [4.69, 9.17) is 18.5 Å². The number of esters is 2. The summed E-state index contributed by atoms with van der Waals surface area (Å²) in [5.74, 6) is -0.879. The number of phosphoric ester groups is 1. The molecule has 0 amide bonds. The molecule has 0 bridgehead atoms. The van der Waals surface area contributed by atoms with Crippen molar-refractivity contribution in [2.24, 2.45) is 0 Å². The van der Waals surface area contributed by atoms with Gasteiger partial charge in [-0.2, -0.15) is 0 Å². The van der Waals surface area contributed by atoms with Gasteiger partial charge in [0.15, 0.2) is 6.10 Å². The number of rotatable bonds is 35. The molecule has 0 rings (SSSR count). The minimum absolute atomic E-state index is 0.0397. The fourth-order valence-electron chi connectivity index (χ4n) is 4.88. The summed E-state index contributed by atoms with van der Waals surface area (Å²) in [6, 6.07) is 0. The summed E-state index contributed by atoms with van der Waals surface area (Å²) in [4.78, 5) is 37.4. The Bertz CT molecular complexity index is 1080. The van der Waals surface area contributed by atoms with E-state index in [0.29, 0.717) is 23.9 Å². The maximum Gasteiger partial charge on any atom is 0.306 e. The van der Waals surface area contributed by atoms with Crippen molar-refractivity contribution in [2.75, 3.05) is 47.5 Å². The number of carbonyl (C=O) groups is 2. The highest BCUT2D eigenvalue weighted by Crippen LogP contribution is 2.38. The van der Waals surface area contributed by atoms with Gasteiger partial charge >= 0.3 is 11.9 Å². The van der Waals surface area contributed by atoms with Crippen LogP contribution in [0.3, 0.4) is 0 Å². The third kappa shape index (κ3) is 37.5. The Morgan fingerprint density at radius 2 is 1.10 bits per heavy atom. The predicted octanol–water partition coefficient (Wildman–Crippen LogP) is 10.3. The molecule has 0 radical (unpaired) electrons. The lowest BCUT2D eigenvalue weighted by Gasteiger charge is -2.28. The van der Waals surface area contributed by atoms with Crippen molar-refractivity contribution in [3.63, 3.8) is 0 Å². The summed E-state index contributed by atoms with van der Waals surface area (Å²) >= 11 is 0. The lowest BCUT2D eigenvalue weighted by Crippen LogP contribution is -2.37. The average molecular weight is 752 g/mol. The number of unbranched alkanes of at least 4 members (excludes halogenated alkanes) is 11. The van der Waals surface area contributed by atoms with E-state index in [2.05, 4.69) is 74.6 Å². The van der Waals surface area contributed by atoms with Gasteiger partial charge in [-0.25, -0.2) is 0 Å². The van der Waals surface area contributed by atoms with Gasteiger partial charge in [-0.3, -0.25) is 14.2 Å². The molecule has 0 fully saturated rings. The number of allylic oxidation sites excluding steroid dienone is 10. The van der Waals surface area contributed by atoms with Crippen molar-refractivity contribution in [1.29, 1.82) is 0 Å². The molecule has 2 atom stereocenters. The highest BCUT2D eigenvalue weighted by Gasteiger charge is 2.21. The number of likely N-dealkylation sites (N-methyl/N-ethyl adjacent to an activating group) is 1. The van der Waals surface area contributed by atoms with Gasteiger partial charge in [0.2, 0.25) is 0 Å². The Morgan fingerprint density at radius 1 is 0.615 bits per heavy atom. The highest BCUT2D eigenvalue weighted by atomic mass is 31.2. The largest absolute Gasteiger partial charge is 0.756 e. The van der Waals surface area contributed by atoms with Gasteiger partial charge in [0.1, 0.15) is 19.8 Å². The van der Waals surface area contributed by atoms with E-state index in [1.54, 1.807) is 0 Å². The Balaban J connectivity index is 4.48. The molecule has 0 aromatic carbocycles. The molecule has 0 saturated heterocycles. The molecular formula is C42H74NO8P. The van der Waals surface area contributed by atoms with Crippen LogP contribution in [-0.2, 0) is 32.7 Å². The van der Waals surface area contributed by atoms with Gasteiger partial charge in [0.25, 0.3) is 7.82 Å². The van der Waals surface area contributed by atoms with Gasteiger partial charge in [-0.1, -0.05) is 120 Å². The SMILES string of the molecule is CC/C=C\C/C=C\C/C=C\CCCCCCCC(=O)OC(COC(=O)CCCCCCC/C=C\C/C=C\CCC)COP(=O)([O-])OCC[N+](C)(C)C. The minimum Gasteiger partial charge on any atom is -0.756 e. The molecule has 0 aromatic rings. The summed E-state index contributed by atoms with van der Waals surface area (Å²) in [7, 11) is 1.13. The molecule has 0 spiro atoms. The molecule has 300 valence electrons. The normalized spacial score (nSPS) is 14.3. The molecule has 52 heavy (non-hydrogen) atoms. The van der Waals surface area contributed by atoms with Crippen LogP contribution in [0.2, 0.25) is 0 Å². The van der Waals surface area contributed by atoms with E-state index in [1.807, 2.05) is 21.1 Å². The first-order valence-electron chi connectivity index (χ1n) is 20.0. The van der Waals surface area contributed by atoms with Crippen molar-refractivity contribution < 1.29 is 42.1 Å². The summed E-state index contributed by atoms with van der Waals surface area (Å²) in [6.45, 7) is 3.98. The summed E-state index contributed by atoms with van der Waals surface area (Å²) in [5.41, 5.74) is 0. The third-order valence-corrected chi connectivity index (χ3v) is 8.97. The molecule has 9 nitrogen and oxygen atoms in total. The minimum atomic E-state index is -4.63. The average Bonchev–Trinajstić information content (AvgIpc) is 3.09. The van der Waals surface area contributed by atoms with E-state index in [9.17, 15) is 19.0 Å². The van der Waals surface area contributed by atoms with Crippen molar-refractivity contribution in [1.82, 2.24) is 0 Å². The number of quaternary nitrogens is 1. The van der Waals surface area contributed by atoms with Crippen LogP contribution >= 0.6 is 7.82 Å². The highest BCUT2D eigenvalue weighted by molar-refractivity contribution is 7.45. The number of ether oxygens (including phenoxy) is 2. The van der Waals surface area contributed by atoms with Crippen LogP contribution in [-0.4, -0.2) is 70.0 Å². The molecule has 0 N–H and O–H groups in total. The number of phosphoric acid groups is 1. The number of hydrogen-bond acceptors (Lipinski definition) is 8. The molecule has 0 aliphatic heterocycles. The Hall–Kier alpha value is -2.29. The summed E-state index contributed by atoms with van der Waals surface area (Å²) in [6.07, 6.45) is 39.6. The second-order valence-corrected chi connectivity index (χ2v) is 15.7. The molecule has 0 heterocycles. The lowest BCUT2D eigenvalue weighted by molar-refractivity contribution is -0.870. The Labute approximate surface area is 317 Å². The monoisotopic (exact) mass is 752 g/mol. The second-order valence-electron chi connectivity index (χ2n) is 14.3. The maximum absolute atomic E-state index is 12.6. The lowest BCUT2D eigenvalue weighted by atomic mass is 10.1. The smallest absolute Gasteiger partial charge is 0.306 e. The van der Waals surface area contributed by atoms with E-state index in [0.717, 1.165) is 96.3 Å². The second kappa shape index (κ2) is 34.5. The molecular weight excluding hydrogens is 677 g/mol. The van der Waals surface area contributed by atoms with E-state index in [1.165, 1.54) is 6.42 Å². The fraction of sp³-hybridized carbons (Fsp3) is 0.714. The van der Waals surface area contributed by atoms with E-state index < -0.39 is 32.5 Å². The van der Waals surface area contributed by atoms with Crippen LogP contribution in [0.15, 0.2) is 60.8 Å². The number of nitrogens with zero attached hydrogens (tertiary/aromatic N) is 1. The Morgan fingerprint density at radius 3 is 1.63 bits per heavy atom. The van der Waals surface area contributed by atoms with Gasteiger partial charge < -0.3 is 27.9 Å². The zero-order chi connectivity index (χ0) is 38.6. The van der Waals surface area contributed by atoms with Crippen molar-refractivity contribution in [3.05, 3.63) is 60.8 Å². The van der Waals surface area contributed by atoms with Crippen molar-refractivity contribution >= 4 is 19.8 Å². The molecule has 0 aromatic heterocycles. The van der Waals surface area contributed by atoms with Crippen LogP contribution in [0.1, 0.15) is 142 Å². The van der Waals surface area contributed by atoms with Gasteiger partial charge in [-0.15, -0.1) is 0 Å². The predicted molar refractivity (Wildman–Crippen MR) is 213 cm³/mol. The molecule has 0 saturated carbocycles. The van der Waals surface area contributed by atoms with Crippen LogP contribution in [0.25, 0.3) is 0 Å². The maximum atomic E-state index is 12.6. The first kappa shape index (κ1) is 49.7. The quantitative estimate of drug-likeness (QED) is 0.0207.